The van der Waals surface area contributed by atoms with E-state index in [0.29, 0.717) is 33.8 Å². The van der Waals surface area contributed by atoms with E-state index in [1.165, 1.54) is 56.3 Å². The summed E-state index contributed by atoms with van der Waals surface area (Å²) in [7, 11) is -1.40. The Morgan fingerprint density at radius 2 is 1.65 bits per heavy atom. The molecule has 0 atom stereocenters. The van der Waals surface area contributed by atoms with E-state index in [0.717, 1.165) is 22.0 Å². The zero-order valence-corrected chi connectivity index (χ0v) is 23.2. The van der Waals surface area contributed by atoms with E-state index in [9.17, 15) is 17.6 Å². The number of carbonyl (C=O) groups is 1. The van der Waals surface area contributed by atoms with Gasteiger partial charge in [0.2, 0.25) is 5.91 Å². The highest BCUT2D eigenvalue weighted by molar-refractivity contribution is 7.98. The van der Waals surface area contributed by atoms with Gasteiger partial charge in [-0.25, -0.2) is 12.8 Å². The van der Waals surface area contributed by atoms with Crippen molar-refractivity contribution in [3.05, 3.63) is 82.1 Å². The summed E-state index contributed by atoms with van der Waals surface area (Å²) in [5, 5.41) is 3.86. The number of sulfonamides is 1. The smallest absolute Gasteiger partial charge is 0.264 e. The average Bonchev–Trinajstić information content (AvgIpc) is 2.88. The lowest BCUT2D eigenvalue weighted by Crippen LogP contribution is -2.41. The van der Waals surface area contributed by atoms with Gasteiger partial charge in [-0.2, -0.15) is 11.8 Å². The molecule has 0 unspecified atom stereocenters. The summed E-state index contributed by atoms with van der Waals surface area (Å²) in [6, 6.07) is 14.2. The van der Waals surface area contributed by atoms with Crippen LogP contribution in [0, 0.1) is 5.82 Å². The molecule has 0 fully saturated rings. The zero-order chi connectivity index (χ0) is 27.0. The molecule has 0 aliphatic heterocycles. The molecular formula is C25H25Cl2FN2O5S2. The molecule has 0 saturated carbocycles. The van der Waals surface area contributed by atoms with E-state index in [1.54, 1.807) is 18.2 Å². The minimum absolute atomic E-state index is 0.116. The maximum absolute atomic E-state index is 13.5. The van der Waals surface area contributed by atoms with Crippen LogP contribution in [0.3, 0.4) is 0 Å². The molecule has 0 heterocycles. The molecule has 1 amide bonds. The molecule has 3 aromatic carbocycles. The minimum Gasteiger partial charge on any atom is -0.493 e. The fourth-order valence-electron chi connectivity index (χ4n) is 3.32. The van der Waals surface area contributed by atoms with Crippen molar-refractivity contribution < 1.29 is 27.1 Å². The Kier molecular flexibility index (Phi) is 10.3. The number of benzene rings is 3. The van der Waals surface area contributed by atoms with Crippen molar-refractivity contribution in [2.75, 3.05) is 37.4 Å². The number of methoxy groups -OCH3 is 2. The minimum atomic E-state index is -4.22. The van der Waals surface area contributed by atoms with E-state index in [1.807, 2.05) is 0 Å². The number of amides is 1. The zero-order valence-electron chi connectivity index (χ0n) is 20.0. The summed E-state index contributed by atoms with van der Waals surface area (Å²) in [5.74, 6) is 0.610. The Morgan fingerprint density at radius 3 is 2.27 bits per heavy atom. The Hall–Kier alpha value is -2.66. The van der Waals surface area contributed by atoms with Crippen LogP contribution in [0.2, 0.25) is 10.0 Å². The number of anilines is 1. The second-order valence-electron chi connectivity index (χ2n) is 7.61. The maximum atomic E-state index is 13.5. The van der Waals surface area contributed by atoms with Crippen LogP contribution in [0.5, 0.6) is 11.5 Å². The van der Waals surface area contributed by atoms with Crippen LogP contribution in [-0.4, -0.2) is 47.4 Å². The molecule has 198 valence electrons. The van der Waals surface area contributed by atoms with Crippen LogP contribution in [0.1, 0.15) is 5.56 Å². The second kappa shape index (κ2) is 13.2. The first kappa shape index (κ1) is 28.9. The van der Waals surface area contributed by atoms with E-state index in [-0.39, 0.29) is 16.3 Å². The third-order valence-electron chi connectivity index (χ3n) is 5.22. The SMILES string of the molecule is COc1ccc(S(=O)(=O)N(CC(=O)NCCSCc2c(Cl)cccc2Cl)c2ccc(F)cc2)cc1OC. The van der Waals surface area contributed by atoms with Gasteiger partial charge in [-0.15, -0.1) is 0 Å². The molecule has 1 N–H and O–H groups in total. The van der Waals surface area contributed by atoms with Crippen molar-refractivity contribution in [1.29, 1.82) is 0 Å². The first-order valence-corrected chi connectivity index (χ1v) is 14.3. The number of nitrogens with one attached hydrogen (secondary N) is 1. The standard InChI is InChI=1S/C25H25Cl2FN2O5S2/c1-34-23-11-10-19(14-24(23)35-2)37(32,33)30(18-8-6-17(28)7-9-18)15-25(31)29-12-13-36-16-20-21(26)4-3-5-22(20)27/h3-11,14H,12-13,15-16H2,1-2H3,(H,29,31). The number of nitrogens with zero attached hydrogens (tertiary/aromatic N) is 1. The topological polar surface area (TPSA) is 84.9 Å². The van der Waals surface area contributed by atoms with E-state index < -0.39 is 28.3 Å². The van der Waals surface area contributed by atoms with Gasteiger partial charge in [0.1, 0.15) is 12.4 Å². The van der Waals surface area contributed by atoms with E-state index in [4.69, 9.17) is 32.7 Å². The number of ether oxygens (including phenoxy) is 2. The molecule has 0 aromatic heterocycles. The van der Waals surface area contributed by atoms with Gasteiger partial charge in [0.15, 0.2) is 11.5 Å². The number of carbonyl (C=O) groups excluding carboxylic acids is 1. The fraction of sp³-hybridized carbons (Fsp3) is 0.240. The Labute approximate surface area is 229 Å². The largest absolute Gasteiger partial charge is 0.493 e. The maximum Gasteiger partial charge on any atom is 0.264 e. The Morgan fingerprint density at radius 1 is 1.00 bits per heavy atom. The predicted molar refractivity (Wildman–Crippen MR) is 146 cm³/mol. The summed E-state index contributed by atoms with van der Waals surface area (Å²) < 4.78 is 51.9. The highest BCUT2D eigenvalue weighted by Gasteiger charge is 2.28. The molecule has 0 bridgehead atoms. The van der Waals surface area contributed by atoms with Crippen molar-refractivity contribution in [1.82, 2.24) is 5.32 Å². The number of hydrogen-bond donors (Lipinski definition) is 1. The van der Waals surface area contributed by atoms with Gasteiger partial charge < -0.3 is 14.8 Å². The molecule has 0 aliphatic rings. The normalized spacial score (nSPS) is 11.2. The molecule has 0 spiro atoms. The van der Waals surface area contributed by atoms with Crippen molar-refractivity contribution in [3.8, 4) is 11.5 Å². The Balaban J connectivity index is 1.71. The van der Waals surface area contributed by atoms with Gasteiger partial charge >= 0.3 is 0 Å². The molecule has 0 aliphatic carbocycles. The molecule has 0 saturated heterocycles. The number of rotatable bonds is 12. The molecule has 12 heteroatoms. The number of hydrogen-bond acceptors (Lipinski definition) is 6. The van der Waals surface area contributed by atoms with Gasteiger partial charge in [0, 0.05) is 34.2 Å². The lowest BCUT2D eigenvalue weighted by molar-refractivity contribution is -0.119. The Bertz CT molecular complexity index is 1320. The van der Waals surface area contributed by atoms with Gasteiger partial charge in [0.05, 0.1) is 24.8 Å². The first-order chi connectivity index (χ1) is 17.7. The number of thioether (sulfide) groups is 1. The second-order valence-corrected chi connectivity index (χ2v) is 11.4. The summed E-state index contributed by atoms with van der Waals surface area (Å²) in [5.41, 5.74) is 0.944. The van der Waals surface area contributed by atoms with Gasteiger partial charge in [0.25, 0.3) is 10.0 Å². The van der Waals surface area contributed by atoms with Crippen molar-refractivity contribution in [2.45, 2.75) is 10.6 Å². The molecule has 37 heavy (non-hydrogen) atoms. The first-order valence-electron chi connectivity index (χ1n) is 10.9. The monoisotopic (exact) mass is 586 g/mol. The van der Waals surface area contributed by atoms with Crippen LogP contribution in [0.15, 0.2) is 65.6 Å². The highest BCUT2D eigenvalue weighted by Crippen LogP contribution is 2.32. The van der Waals surface area contributed by atoms with Gasteiger partial charge in [-0.1, -0.05) is 29.3 Å². The van der Waals surface area contributed by atoms with Crippen LogP contribution < -0.4 is 19.1 Å². The number of halogens is 3. The van der Waals surface area contributed by atoms with Crippen LogP contribution in [0.25, 0.3) is 0 Å². The molecule has 0 radical (unpaired) electrons. The van der Waals surface area contributed by atoms with Gasteiger partial charge in [-0.3, -0.25) is 9.10 Å². The molecular weight excluding hydrogens is 562 g/mol. The van der Waals surface area contributed by atoms with E-state index >= 15 is 0 Å². The lowest BCUT2D eigenvalue weighted by Gasteiger charge is -2.24. The summed E-state index contributed by atoms with van der Waals surface area (Å²) in [6.07, 6.45) is 0. The van der Waals surface area contributed by atoms with Crippen LogP contribution in [-0.2, 0) is 20.6 Å². The molecule has 3 rings (SSSR count). The third kappa shape index (κ3) is 7.44. The van der Waals surface area contributed by atoms with Crippen molar-refractivity contribution in [2.24, 2.45) is 0 Å². The summed E-state index contributed by atoms with van der Waals surface area (Å²) in [6.45, 7) is -0.220. The summed E-state index contributed by atoms with van der Waals surface area (Å²) >= 11 is 13.9. The van der Waals surface area contributed by atoms with Gasteiger partial charge in [-0.05, 0) is 54.1 Å². The van der Waals surface area contributed by atoms with Crippen LogP contribution >= 0.6 is 35.0 Å². The predicted octanol–water partition coefficient (Wildman–Crippen LogP) is 5.39. The quantitative estimate of drug-likeness (QED) is 0.286. The van der Waals surface area contributed by atoms with Crippen molar-refractivity contribution >= 4 is 56.6 Å². The van der Waals surface area contributed by atoms with Crippen LogP contribution in [0.4, 0.5) is 10.1 Å². The molecule has 7 nitrogen and oxygen atoms in total. The fourth-order valence-corrected chi connectivity index (χ4v) is 6.35. The average molecular weight is 588 g/mol. The third-order valence-corrected chi connectivity index (χ3v) is 8.69. The highest BCUT2D eigenvalue weighted by atomic mass is 35.5. The van der Waals surface area contributed by atoms with E-state index in [2.05, 4.69) is 5.32 Å². The molecule has 3 aromatic rings. The van der Waals surface area contributed by atoms with Crippen molar-refractivity contribution in [3.63, 3.8) is 0 Å². The summed E-state index contributed by atoms with van der Waals surface area (Å²) in [4.78, 5) is 12.6. The lowest BCUT2D eigenvalue weighted by atomic mass is 10.2.